The lowest BCUT2D eigenvalue weighted by Gasteiger charge is -2.06. The first-order valence-electron chi connectivity index (χ1n) is 9.46. The third-order valence-electron chi connectivity index (χ3n) is 4.50. The Labute approximate surface area is 186 Å². The van der Waals surface area contributed by atoms with Gasteiger partial charge in [-0.05, 0) is 35.2 Å². The number of benzene rings is 2. The van der Waals surface area contributed by atoms with Crippen molar-refractivity contribution in [2.75, 3.05) is 0 Å². The van der Waals surface area contributed by atoms with Crippen LogP contribution in [0, 0.1) is 11.3 Å². The Kier molecular flexibility index (Phi) is 6.22. The zero-order chi connectivity index (χ0) is 21.6. The van der Waals surface area contributed by atoms with Gasteiger partial charge in [0, 0.05) is 11.4 Å². The van der Waals surface area contributed by atoms with Crippen LogP contribution in [0.1, 0.15) is 10.4 Å². The number of carbonyl (C=O) groups is 1. The standard InChI is InChI=1S/C24H17N3O2S2/c25-15-20(22(28)26-16-17-8-3-1-4-9-17)24-27(18-10-5-2-6-11-18)23(29)21(31-24)14-19-12-7-13-30-19/h1-14H,16H2,(H,26,28). The molecule has 0 aliphatic rings. The van der Waals surface area contributed by atoms with E-state index in [1.54, 1.807) is 18.2 Å². The van der Waals surface area contributed by atoms with Crippen molar-refractivity contribution in [2.24, 2.45) is 0 Å². The van der Waals surface area contributed by atoms with Crippen molar-refractivity contribution in [3.05, 3.63) is 108 Å². The predicted molar refractivity (Wildman–Crippen MR) is 124 cm³/mol. The third-order valence-corrected chi connectivity index (χ3v) is 6.41. The maximum atomic E-state index is 13.2. The first kappa shape index (κ1) is 20.5. The van der Waals surface area contributed by atoms with E-state index in [4.69, 9.17) is 0 Å². The van der Waals surface area contributed by atoms with Gasteiger partial charge in [0.25, 0.3) is 11.5 Å². The molecule has 0 saturated carbocycles. The molecule has 4 rings (SSSR count). The molecule has 0 aliphatic carbocycles. The summed E-state index contributed by atoms with van der Waals surface area (Å²) in [6, 6.07) is 24.3. The van der Waals surface area contributed by atoms with Crippen LogP contribution in [0.3, 0.4) is 0 Å². The van der Waals surface area contributed by atoms with Crippen LogP contribution in [-0.2, 0) is 11.3 Å². The maximum absolute atomic E-state index is 13.2. The summed E-state index contributed by atoms with van der Waals surface area (Å²) < 4.78 is 2.21. The zero-order valence-electron chi connectivity index (χ0n) is 16.3. The molecule has 5 nitrogen and oxygen atoms in total. The van der Waals surface area contributed by atoms with Gasteiger partial charge in [-0.2, -0.15) is 5.26 Å². The van der Waals surface area contributed by atoms with Gasteiger partial charge in [0.15, 0.2) is 5.57 Å². The molecule has 0 atom stereocenters. The molecule has 2 aromatic carbocycles. The molecule has 2 heterocycles. The van der Waals surface area contributed by atoms with Crippen molar-refractivity contribution in [1.29, 1.82) is 5.26 Å². The van der Waals surface area contributed by atoms with Gasteiger partial charge >= 0.3 is 0 Å². The molecule has 0 spiro atoms. The molecule has 7 heteroatoms. The van der Waals surface area contributed by atoms with Crippen LogP contribution in [0.4, 0.5) is 0 Å². The molecule has 0 radical (unpaired) electrons. The van der Waals surface area contributed by atoms with Gasteiger partial charge in [0.2, 0.25) is 0 Å². The molecule has 1 N–H and O–H groups in total. The lowest BCUT2D eigenvalue weighted by molar-refractivity contribution is -0.115. The van der Waals surface area contributed by atoms with Crippen LogP contribution < -0.4 is 20.1 Å². The number of thiazole rings is 1. The highest BCUT2D eigenvalue weighted by molar-refractivity contribution is 7.11. The van der Waals surface area contributed by atoms with Crippen LogP contribution in [0.25, 0.3) is 17.3 Å². The second-order valence-corrected chi connectivity index (χ2v) is 8.57. The Morgan fingerprint density at radius 3 is 2.39 bits per heavy atom. The number of rotatable bonds is 5. The average molecular weight is 444 g/mol. The molecule has 31 heavy (non-hydrogen) atoms. The number of hydrogen-bond donors (Lipinski definition) is 1. The molecular weight excluding hydrogens is 426 g/mol. The van der Waals surface area contributed by atoms with Crippen molar-refractivity contribution >= 4 is 40.2 Å². The second kappa shape index (κ2) is 9.39. The summed E-state index contributed by atoms with van der Waals surface area (Å²) in [4.78, 5) is 27.0. The molecule has 4 aromatic rings. The number of nitrogens with one attached hydrogen (secondary N) is 1. The Bertz CT molecular complexity index is 1410. The molecule has 0 saturated heterocycles. The highest BCUT2D eigenvalue weighted by Gasteiger charge is 2.16. The Balaban J connectivity index is 1.86. The van der Waals surface area contributed by atoms with Crippen LogP contribution in [0.15, 0.2) is 83.0 Å². The number of hydrogen-bond acceptors (Lipinski definition) is 5. The number of thiophene rings is 1. The predicted octanol–water partition coefficient (Wildman–Crippen LogP) is 2.78. The lowest BCUT2D eigenvalue weighted by atomic mass is 10.2. The van der Waals surface area contributed by atoms with Gasteiger partial charge in [-0.3, -0.25) is 14.2 Å². The number of amides is 1. The fraction of sp³-hybridized carbons (Fsp3) is 0.0417. The largest absolute Gasteiger partial charge is 0.347 e. The van der Waals surface area contributed by atoms with E-state index in [1.165, 1.54) is 15.9 Å². The Hall–Kier alpha value is -3.73. The molecule has 2 aromatic heterocycles. The lowest BCUT2D eigenvalue weighted by Crippen LogP contribution is -2.33. The van der Waals surface area contributed by atoms with Crippen molar-refractivity contribution < 1.29 is 4.79 Å². The van der Waals surface area contributed by atoms with Gasteiger partial charge in [-0.15, -0.1) is 22.7 Å². The number of carbonyl (C=O) groups excluding carboxylic acids is 1. The highest BCUT2D eigenvalue weighted by atomic mass is 32.1. The topological polar surface area (TPSA) is 74.9 Å². The zero-order valence-corrected chi connectivity index (χ0v) is 18.0. The highest BCUT2D eigenvalue weighted by Crippen LogP contribution is 2.09. The SMILES string of the molecule is N#CC(C(=O)NCc1ccccc1)=c1sc(=Cc2cccs2)c(=O)n1-c1ccccc1. The number of para-hydroxylation sites is 1. The van der Waals surface area contributed by atoms with E-state index in [0.29, 0.717) is 21.4 Å². The average Bonchev–Trinajstić information content (AvgIpc) is 3.43. The quantitative estimate of drug-likeness (QED) is 0.515. The number of aromatic nitrogens is 1. The van der Waals surface area contributed by atoms with E-state index in [0.717, 1.165) is 21.8 Å². The first-order chi connectivity index (χ1) is 15.2. The van der Waals surface area contributed by atoms with E-state index < -0.39 is 5.91 Å². The molecule has 152 valence electrons. The van der Waals surface area contributed by atoms with E-state index >= 15 is 0 Å². The van der Waals surface area contributed by atoms with Crippen molar-refractivity contribution in [3.8, 4) is 11.8 Å². The molecule has 0 aliphatic heterocycles. The fourth-order valence-corrected chi connectivity index (χ4v) is 4.85. The van der Waals surface area contributed by atoms with E-state index in [-0.39, 0.29) is 11.1 Å². The van der Waals surface area contributed by atoms with Crippen LogP contribution >= 0.6 is 22.7 Å². The molecule has 0 fully saturated rings. The minimum Gasteiger partial charge on any atom is -0.347 e. The summed E-state index contributed by atoms with van der Waals surface area (Å²) in [7, 11) is 0. The van der Waals surface area contributed by atoms with E-state index in [9.17, 15) is 14.9 Å². The smallest absolute Gasteiger partial charge is 0.273 e. The molecule has 1 amide bonds. The van der Waals surface area contributed by atoms with Crippen molar-refractivity contribution in [3.63, 3.8) is 0 Å². The van der Waals surface area contributed by atoms with Crippen LogP contribution in [-0.4, -0.2) is 10.5 Å². The summed E-state index contributed by atoms with van der Waals surface area (Å²) >= 11 is 2.66. The Morgan fingerprint density at radius 2 is 1.74 bits per heavy atom. The summed E-state index contributed by atoms with van der Waals surface area (Å²) in [6.45, 7) is 0.292. The molecule has 0 bridgehead atoms. The van der Waals surface area contributed by atoms with Gasteiger partial charge in [-0.25, -0.2) is 0 Å². The molecule has 0 unspecified atom stereocenters. The normalized spacial score (nSPS) is 12.3. The van der Waals surface area contributed by atoms with Crippen LogP contribution in [0.2, 0.25) is 0 Å². The summed E-state index contributed by atoms with van der Waals surface area (Å²) in [5.41, 5.74) is 1.18. The minimum absolute atomic E-state index is 0.0901. The summed E-state index contributed by atoms with van der Waals surface area (Å²) in [5.74, 6) is -0.514. The number of nitrogens with zero attached hydrogens (tertiary/aromatic N) is 2. The fourth-order valence-electron chi connectivity index (χ4n) is 3.03. The third kappa shape index (κ3) is 4.56. The van der Waals surface area contributed by atoms with Crippen molar-refractivity contribution in [1.82, 2.24) is 9.88 Å². The Morgan fingerprint density at radius 1 is 1.03 bits per heavy atom. The minimum atomic E-state index is -0.514. The number of nitriles is 1. The van der Waals surface area contributed by atoms with Gasteiger partial charge in [0.1, 0.15) is 10.7 Å². The summed E-state index contributed by atoms with van der Waals surface area (Å²) in [5, 5.41) is 14.5. The van der Waals surface area contributed by atoms with Gasteiger partial charge < -0.3 is 5.32 Å². The van der Waals surface area contributed by atoms with Crippen LogP contribution in [0.5, 0.6) is 0 Å². The summed E-state index contributed by atoms with van der Waals surface area (Å²) in [6.07, 6.45) is 1.79. The van der Waals surface area contributed by atoms with Gasteiger partial charge in [-0.1, -0.05) is 54.6 Å². The van der Waals surface area contributed by atoms with E-state index in [1.807, 2.05) is 72.1 Å². The van der Waals surface area contributed by atoms with Gasteiger partial charge in [0.05, 0.1) is 10.2 Å². The monoisotopic (exact) mass is 443 g/mol. The maximum Gasteiger partial charge on any atom is 0.273 e. The van der Waals surface area contributed by atoms with Crippen molar-refractivity contribution in [2.45, 2.75) is 6.54 Å². The van der Waals surface area contributed by atoms with E-state index in [2.05, 4.69) is 5.32 Å². The second-order valence-electron chi connectivity index (χ2n) is 6.56. The molecular formula is C24H17N3O2S2. The first-order valence-corrected chi connectivity index (χ1v) is 11.2.